The number of aliphatic carboxylic acids is 1. The molecule has 0 bridgehead atoms. The third-order valence-corrected chi connectivity index (χ3v) is 4.71. The van der Waals surface area contributed by atoms with E-state index in [4.69, 9.17) is 5.11 Å². The molecule has 0 aliphatic heterocycles. The summed E-state index contributed by atoms with van der Waals surface area (Å²) in [5.74, 6) is -4.14. The number of carbonyl (C=O) groups is 5. The van der Waals surface area contributed by atoms with Crippen LogP contribution in [-0.2, 0) is 24.0 Å². The Bertz CT molecular complexity index is 651. The molecule has 0 aromatic heterocycles. The number of carboxylic acid groups (broad SMARTS) is 1. The molecule has 6 N–H and O–H groups in total. The van der Waals surface area contributed by atoms with Crippen molar-refractivity contribution in [3.63, 3.8) is 0 Å². The highest BCUT2D eigenvalue weighted by atomic mass is 16.4. The maximum absolute atomic E-state index is 12.8. The van der Waals surface area contributed by atoms with Crippen LogP contribution in [0, 0.1) is 11.8 Å². The number of aliphatic hydroxyl groups excluding tert-OH is 1. The van der Waals surface area contributed by atoms with Gasteiger partial charge in [-0.25, -0.2) is 0 Å². The normalized spacial score (nSPS) is 15.7. The van der Waals surface area contributed by atoms with Crippen LogP contribution >= 0.6 is 0 Å². The van der Waals surface area contributed by atoms with Crippen molar-refractivity contribution in [1.29, 1.82) is 0 Å². The molecule has 4 amide bonds. The Morgan fingerprint density at radius 1 is 0.806 bits per heavy atom. The summed E-state index contributed by atoms with van der Waals surface area (Å²) in [5, 5.41) is 27.9. The molecule has 5 atom stereocenters. The van der Waals surface area contributed by atoms with Gasteiger partial charge in [-0.1, -0.05) is 34.1 Å². The van der Waals surface area contributed by atoms with Crippen LogP contribution < -0.4 is 21.3 Å². The monoisotopic (exact) mass is 444 g/mol. The van der Waals surface area contributed by atoms with E-state index >= 15 is 0 Å². The third kappa shape index (κ3) is 10.8. The molecule has 0 aliphatic rings. The van der Waals surface area contributed by atoms with Gasteiger partial charge in [-0.2, -0.15) is 0 Å². The van der Waals surface area contributed by atoms with Gasteiger partial charge in [0.25, 0.3) is 0 Å². The van der Waals surface area contributed by atoms with Gasteiger partial charge >= 0.3 is 5.97 Å². The van der Waals surface area contributed by atoms with Crippen LogP contribution in [-0.4, -0.2) is 70.6 Å². The van der Waals surface area contributed by atoms with Gasteiger partial charge in [-0.3, -0.25) is 24.0 Å². The second-order valence-electron chi connectivity index (χ2n) is 8.06. The number of hydrogen-bond donors (Lipinski definition) is 6. The molecule has 0 saturated heterocycles. The molecule has 11 heteroatoms. The fraction of sp³-hybridized carbons (Fsp3) is 0.750. The Morgan fingerprint density at radius 3 is 1.81 bits per heavy atom. The lowest BCUT2D eigenvalue weighted by Crippen LogP contribution is -2.59. The Balaban J connectivity index is 5.21. The number of aliphatic hydroxyl groups is 1. The van der Waals surface area contributed by atoms with Gasteiger partial charge in [0.2, 0.25) is 23.6 Å². The maximum atomic E-state index is 12.8. The van der Waals surface area contributed by atoms with E-state index in [0.29, 0.717) is 6.42 Å². The molecule has 0 radical (unpaired) electrons. The van der Waals surface area contributed by atoms with Gasteiger partial charge in [-0.15, -0.1) is 0 Å². The molecule has 0 fully saturated rings. The summed E-state index contributed by atoms with van der Waals surface area (Å²) in [7, 11) is 0. The Labute approximate surface area is 182 Å². The van der Waals surface area contributed by atoms with Gasteiger partial charge in [0.05, 0.1) is 12.5 Å². The fourth-order valence-electron chi connectivity index (χ4n) is 2.67. The molecule has 31 heavy (non-hydrogen) atoms. The van der Waals surface area contributed by atoms with Crippen molar-refractivity contribution >= 4 is 29.6 Å². The zero-order chi connectivity index (χ0) is 24.3. The molecule has 1 unspecified atom stereocenters. The first-order valence-electron chi connectivity index (χ1n) is 10.4. The number of nitrogens with one attached hydrogen (secondary N) is 4. The lowest BCUT2D eigenvalue weighted by molar-refractivity contribution is -0.139. The minimum Gasteiger partial charge on any atom is -0.480 e. The Hall–Kier alpha value is -2.69. The first-order valence-corrected chi connectivity index (χ1v) is 10.4. The summed E-state index contributed by atoms with van der Waals surface area (Å²) in [6.07, 6.45) is -0.459. The second kappa shape index (κ2) is 13.6. The lowest BCUT2D eigenvalue weighted by Gasteiger charge is -2.28. The molecule has 178 valence electrons. The molecule has 0 aromatic carbocycles. The number of rotatable bonds is 13. The van der Waals surface area contributed by atoms with Gasteiger partial charge in [0.15, 0.2) is 0 Å². The summed E-state index contributed by atoms with van der Waals surface area (Å²) >= 11 is 0. The standard InChI is InChI=1S/C20H36N4O7/c1-7-11(4)17(19(30)21-9-15(27)28)24-20(31)16(10(2)3)23-18(29)13(6)22-14(26)8-12(5)25/h10-13,16-17,25H,7-9H2,1-6H3,(H,21,30)(H,22,26)(H,23,29)(H,24,31)(H,27,28)/t11-,12?,13-,16-,17-/m0/s1. The SMILES string of the molecule is CC[C@H](C)[C@H](NC(=O)[C@@H](NC(=O)[C@H](C)NC(=O)CC(C)O)C(C)C)C(=O)NCC(=O)O. The van der Waals surface area contributed by atoms with Crippen LogP contribution in [0.3, 0.4) is 0 Å². The topological polar surface area (TPSA) is 174 Å². The molecule has 0 heterocycles. The molecule has 0 aromatic rings. The summed E-state index contributed by atoms with van der Waals surface area (Å²) in [5.41, 5.74) is 0. The molecule has 0 spiro atoms. The largest absolute Gasteiger partial charge is 0.480 e. The van der Waals surface area contributed by atoms with Crippen LogP contribution in [0.15, 0.2) is 0 Å². The quantitative estimate of drug-likeness (QED) is 0.214. The number of amides is 4. The van der Waals surface area contributed by atoms with Crippen molar-refractivity contribution in [2.75, 3.05) is 6.54 Å². The van der Waals surface area contributed by atoms with Crippen LogP contribution in [0.25, 0.3) is 0 Å². The number of carbonyl (C=O) groups excluding carboxylic acids is 4. The Kier molecular flexibility index (Phi) is 12.4. The molecular weight excluding hydrogens is 408 g/mol. The molecular formula is C20H36N4O7. The first kappa shape index (κ1) is 28.3. The Morgan fingerprint density at radius 2 is 1.35 bits per heavy atom. The van der Waals surface area contributed by atoms with Crippen molar-refractivity contribution < 1.29 is 34.2 Å². The van der Waals surface area contributed by atoms with Crippen LogP contribution in [0.2, 0.25) is 0 Å². The minimum atomic E-state index is -1.21. The zero-order valence-corrected chi connectivity index (χ0v) is 19.0. The van der Waals surface area contributed by atoms with E-state index in [2.05, 4.69) is 21.3 Å². The van der Waals surface area contributed by atoms with E-state index in [9.17, 15) is 29.1 Å². The average molecular weight is 445 g/mol. The van der Waals surface area contributed by atoms with E-state index in [1.165, 1.54) is 13.8 Å². The van der Waals surface area contributed by atoms with Gasteiger partial charge in [0.1, 0.15) is 24.7 Å². The van der Waals surface area contributed by atoms with Crippen LogP contribution in [0.1, 0.15) is 54.4 Å². The number of hydrogen-bond acceptors (Lipinski definition) is 6. The van der Waals surface area contributed by atoms with Crippen molar-refractivity contribution in [3.05, 3.63) is 0 Å². The summed E-state index contributed by atoms with van der Waals surface area (Å²) < 4.78 is 0. The third-order valence-electron chi connectivity index (χ3n) is 4.71. The molecule has 11 nitrogen and oxygen atoms in total. The maximum Gasteiger partial charge on any atom is 0.322 e. The van der Waals surface area contributed by atoms with Crippen molar-refractivity contribution in [1.82, 2.24) is 21.3 Å². The smallest absolute Gasteiger partial charge is 0.322 e. The van der Waals surface area contributed by atoms with Crippen LogP contribution in [0.4, 0.5) is 0 Å². The van der Waals surface area contributed by atoms with E-state index in [1.807, 2.05) is 6.92 Å². The number of carboxylic acids is 1. The summed E-state index contributed by atoms with van der Waals surface area (Å²) in [6, 6.07) is -2.90. The van der Waals surface area contributed by atoms with E-state index < -0.39 is 60.4 Å². The van der Waals surface area contributed by atoms with Crippen molar-refractivity contribution in [3.8, 4) is 0 Å². The first-order chi connectivity index (χ1) is 14.3. The van der Waals surface area contributed by atoms with Crippen molar-refractivity contribution in [2.24, 2.45) is 11.8 Å². The lowest BCUT2D eigenvalue weighted by atomic mass is 9.96. The minimum absolute atomic E-state index is 0.159. The average Bonchev–Trinajstić information content (AvgIpc) is 2.66. The van der Waals surface area contributed by atoms with E-state index in [-0.39, 0.29) is 18.3 Å². The zero-order valence-electron chi connectivity index (χ0n) is 19.0. The fourth-order valence-corrected chi connectivity index (χ4v) is 2.67. The summed E-state index contributed by atoms with van der Waals surface area (Å²) in [4.78, 5) is 60.1. The van der Waals surface area contributed by atoms with E-state index in [0.717, 1.165) is 0 Å². The summed E-state index contributed by atoms with van der Waals surface area (Å²) in [6.45, 7) is 9.32. The van der Waals surface area contributed by atoms with Crippen LogP contribution in [0.5, 0.6) is 0 Å². The van der Waals surface area contributed by atoms with Gasteiger partial charge < -0.3 is 31.5 Å². The van der Waals surface area contributed by atoms with Crippen molar-refractivity contribution in [2.45, 2.75) is 78.6 Å². The highest BCUT2D eigenvalue weighted by molar-refractivity contribution is 5.94. The van der Waals surface area contributed by atoms with Gasteiger partial charge in [-0.05, 0) is 25.7 Å². The highest BCUT2D eigenvalue weighted by Gasteiger charge is 2.32. The molecule has 0 aliphatic carbocycles. The van der Waals surface area contributed by atoms with E-state index in [1.54, 1.807) is 20.8 Å². The predicted molar refractivity (Wildman–Crippen MR) is 113 cm³/mol. The predicted octanol–water partition coefficient (Wildman–Crippen LogP) is -0.865. The van der Waals surface area contributed by atoms with Gasteiger partial charge in [0, 0.05) is 0 Å². The second-order valence-corrected chi connectivity index (χ2v) is 8.06. The highest BCUT2D eigenvalue weighted by Crippen LogP contribution is 2.10. The molecule has 0 saturated carbocycles. The molecule has 0 rings (SSSR count).